The normalized spacial score (nSPS) is 10.0. The van der Waals surface area contributed by atoms with Crippen molar-refractivity contribution in [2.45, 2.75) is 13.8 Å². The van der Waals surface area contributed by atoms with E-state index in [1.54, 1.807) is 18.2 Å². The first-order valence-electron chi connectivity index (χ1n) is 5.75. The summed E-state index contributed by atoms with van der Waals surface area (Å²) in [4.78, 5) is 21.8. The third-order valence-corrected chi connectivity index (χ3v) is 2.40. The minimum Gasteiger partial charge on any atom is -0.326 e. The summed E-state index contributed by atoms with van der Waals surface area (Å²) in [6.45, 7) is 2.89. The SMILES string of the molecule is CC(=O)Nc1ccc(-c2cc(NC(C)=O)n[nH]2)cc1. The van der Waals surface area contributed by atoms with Crippen LogP contribution in [0.15, 0.2) is 30.3 Å². The van der Waals surface area contributed by atoms with E-state index in [0.29, 0.717) is 5.82 Å². The minimum atomic E-state index is -0.168. The Balaban J connectivity index is 2.15. The second kappa shape index (κ2) is 5.34. The predicted molar refractivity (Wildman–Crippen MR) is 72.6 cm³/mol. The zero-order valence-electron chi connectivity index (χ0n) is 10.7. The topological polar surface area (TPSA) is 86.9 Å². The standard InChI is InChI=1S/C13H14N4O2/c1-8(18)14-11-5-3-10(4-6-11)12-7-13(17-16-12)15-9(2)19/h3-7H,1-2H3,(H,14,18)(H2,15,16,17,19). The van der Waals surface area contributed by atoms with Gasteiger partial charge in [0.05, 0.1) is 5.69 Å². The van der Waals surface area contributed by atoms with E-state index in [1.165, 1.54) is 13.8 Å². The van der Waals surface area contributed by atoms with E-state index in [4.69, 9.17) is 0 Å². The van der Waals surface area contributed by atoms with Gasteiger partial charge in [0.1, 0.15) is 0 Å². The van der Waals surface area contributed by atoms with Gasteiger partial charge in [0.25, 0.3) is 0 Å². The van der Waals surface area contributed by atoms with Gasteiger partial charge in [-0.15, -0.1) is 0 Å². The van der Waals surface area contributed by atoms with Gasteiger partial charge in [0.15, 0.2) is 5.82 Å². The second-order valence-electron chi connectivity index (χ2n) is 4.11. The number of aromatic amines is 1. The van der Waals surface area contributed by atoms with E-state index in [9.17, 15) is 9.59 Å². The number of anilines is 2. The van der Waals surface area contributed by atoms with E-state index >= 15 is 0 Å². The number of carbonyl (C=O) groups excluding carboxylic acids is 2. The number of hydrogen-bond donors (Lipinski definition) is 3. The van der Waals surface area contributed by atoms with Gasteiger partial charge in [-0.1, -0.05) is 12.1 Å². The lowest BCUT2D eigenvalue weighted by Crippen LogP contribution is -2.05. The van der Waals surface area contributed by atoms with Gasteiger partial charge >= 0.3 is 0 Å². The summed E-state index contributed by atoms with van der Waals surface area (Å²) in [6, 6.07) is 9.06. The molecular formula is C13H14N4O2. The molecule has 6 heteroatoms. The molecule has 0 unspecified atom stereocenters. The van der Waals surface area contributed by atoms with Crippen molar-refractivity contribution in [3.05, 3.63) is 30.3 Å². The van der Waals surface area contributed by atoms with Crippen LogP contribution in [-0.2, 0) is 9.59 Å². The summed E-state index contributed by atoms with van der Waals surface area (Å²) in [7, 11) is 0. The van der Waals surface area contributed by atoms with E-state index < -0.39 is 0 Å². The molecule has 0 aliphatic rings. The Morgan fingerprint density at radius 3 is 2.26 bits per heavy atom. The summed E-state index contributed by atoms with van der Waals surface area (Å²) in [5.74, 6) is 0.203. The highest BCUT2D eigenvalue weighted by molar-refractivity contribution is 5.89. The lowest BCUT2D eigenvalue weighted by atomic mass is 10.1. The van der Waals surface area contributed by atoms with Crippen molar-refractivity contribution in [3.63, 3.8) is 0 Å². The molecule has 2 amide bonds. The number of carbonyl (C=O) groups is 2. The number of hydrogen-bond acceptors (Lipinski definition) is 3. The van der Waals surface area contributed by atoms with Crippen molar-refractivity contribution in [2.24, 2.45) is 0 Å². The van der Waals surface area contributed by atoms with Crippen LogP contribution >= 0.6 is 0 Å². The first-order chi connectivity index (χ1) is 9.04. The Hall–Kier alpha value is -2.63. The summed E-state index contributed by atoms with van der Waals surface area (Å²) in [5.41, 5.74) is 2.44. The maximum Gasteiger partial charge on any atom is 0.222 e. The zero-order valence-corrected chi connectivity index (χ0v) is 10.7. The van der Waals surface area contributed by atoms with Gasteiger partial charge in [0.2, 0.25) is 11.8 Å². The van der Waals surface area contributed by atoms with Gasteiger partial charge in [-0.2, -0.15) is 5.10 Å². The Bertz CT molecular complexity index is 601. The fraction of sp³-hybridized carbons (Fsp3) is 0.154. The van der Waals surface area contributed by atoms with Gasteiger partial charge in [-0.3, -0.25) is 14.7 Å². The van der Waals surface area contributed by atoms with Gasteiger partial charge in [-0.25, -0.2) is 0 Å². The zero-order chi connectivity index (χ0) is 13.8. The summed E-state index contributed by atoms with van der Waals surface area (Å²) in [5, 5.41) is 12.1. The van der Waals surface area contributed by atoms with Crippen molar-refractivity contribution in [2.75, 3.05) is 10.6 Å². The van der Waals surface area contributed by atoms with Crippen molar-refractivity contribution < 1.29 is 9.59 Å². The number of nitrogens with zero attached hydrogens (tertiary/aromatic N) is 1. The molecular weight excluding hydrogens is 244 g/mol. The highest BCUT2D eigenvalue weighted by Crippen LogP contribution is 2.21. The van der Waals surface area contributed by atoms with Crippen molar-refractivity contribution >= 4 is 23.3 Å². The quantitative estimate of drug-likeness (QED) is 0.786. The molecule has 0 fully saturated rings. The third kappa shape index (κ3) is 3.41. The number of H-pyrrole nitrogens is 1. The van der Waals surface area contributed by atoms with Crippen LogP contribution in [0, 0.1) is 0 Å². The second-order valence-corrected chi connectivity index (χ2v) is 4.11. The molecule has 98 valence electrons. The molecule has 0 spiro atoms. The van der Waals surface area contributed by atoms with Crippen LogP contribution in [0.1, 0.15) is 13.8 Å². The smallest absolute Gasteiger partial charge is 0.222 e. The monoisotopic (exact) mass is 258 g/mol. The van der Waals surface area contributed by atoms with E-state index in [0.717, 1.165) is 16.9 Å². The van der Waals surface area contributed by atoms with Crippen molar-refractivity contribution in [1.82, 2.24) is 10.2 Å². The van der Waals surface area contributed by atoms with Crippen LogP contribution in [0.5, 0.6) is 0 Å². The molecule has 1 aromatic carbocycles. The number of amides is 2. The van der Waals surface area contributed by atoms with Gasteiger partial charge in [0, 0.05) is 25.6 Å². The van der Waals surface area contributed by atoms with Crippen molar-refractivity contribution in [1.29, 1.82) is 0 Å². The lowest BCUT2D eigenvalue weighted by molar-refractivity contribution is -0.115. The first-order valence-corrected chi connectivity index (χ1v) is 5.75. The molecule has 0 radical (unpaired) electrons. The first kappa shape index (κ1) is 12.8. The van der Waals surface area contributed by atoms with Crippen LogP contribution in [0.25, 0.3) is 11.3 Å². The molecule has 2 aromatic rings. The van der Waals surface area contributed by atoms with Crippen LogP contribution in [0.2, 0.25) is 0 Å². The summed E-state index contributed by atoms with van der Waals surface area (Å²) >= 11 is 0. The lowest BCUT2D eigenvalue weighted by Gasteiger charge is -2.02. The molecule has 0 aliphatic heterocycles. The van der Waals surface area contributed by atoms with Gasteiger partial charge in [-0.05, 0) is 17.7 Å². The van der Waals surface area contributed by atoms with E-state index in [2.05, 4.69) is 20.8 Å². The minimum absolute atomic E-state index is 0.109. The average molecular weight is 258 g/mol. The Labute approximate surface area is 110 Å². The van der Waals surface area contributed by atoms with Crippen LogP contribution in [0.4, 0.5) is 11.5 Å². The Morgan fingerprint density at radius 2 is 1.68 bits per heavy atom. The molecule has 0 aliphatic carbocycles. The number of rotatable bonds is 3. The molecule has 19 heavy (non-hydrogen) atoms. The third-order valence-electron chi connectivity index (χ3n) is 2.40. The molecule has 6 nitrogen and oxygen atoms in total. The molecule has 3 N–H and O–H groups in total. The highest BCUT2D eigenvalue weighted by atomic mass is 16.2. The molecule has 0 atom stereocenters. The fourth-order valence-corrected chi connectivity index (χ4v) is 1.65. The molecule has 0 bridgehead atoms. The molecule has 1 aromatic heterocycles. The maximum atomic E-state index is 10.9. The molecule has 1 heterocycles. The van der Waals surface area contributed by atoms with Crippen molar-refractivity contribution in [3.8, 4) is 11.3 Å². The Morgan fingerprint density at radius 1 is 1.05 bits per heavy atom. The molecule has 2 rings (SSSR count). The van der Waals surface area contributed by atoms with E-state index in [1.807, 2.05) is 12.1 Å². The number of nitrogens with one attached hydrogen (secondary N) is 3. The largest absolute Gasteiger partial charge is 0.326 e. The summed E-state index contributed by atoms with van der Waals surface area (Å²) in [6.07, 6.45) is 0. The van der Waals surface area contributed by atoms with Crippen LogP contribution < -0.4 is 10.6 Å². The number of benzene rings is 1. The molecule has 0 saturated heterocycles. The highest BCUT2D eigenvalue weighted by Gasteiger charge is 2.05. The summed E-state index contributed by atoms with van der Waals surface area (Å²) < 4.78 is 0. The average Bonchev–Trinajstić information content (AvgIpc) is 2.76. The fourth-order valence-electron chi connectivity index (χ4n) is 1.65. The van der Waals surface area contributed by atoms with Crippen LogP contribution in [0.3, 0.4) is 0 Å². The van der Waals surface area contributed by atoms with Crippen LogP contribution in [-0.4, -0.2) is 22.0 Å². The Kier molecular flexibility index (Phi) is 3.61. The predicted octanol–water partition coefficient (Wildman–Crippen LogP) is 1.99. The van der Waals surface area contributed by atoms with Gasteiger partial charge < -0.3 is 10.6 Å². The maximum absolute atomic E-state index is 10.9. The van der Waals surface area contributed by atoms with E-state index in [-0.39, 0.29) is 11.8 Å². The number of aromatic nitrogens is 2. The molecule has 0 saturated carbocycles.